The molecule has 0 bridgehead atoms. The first-order valence-electron chi connectivity index (χ1n) is 8.61. The zero-order valence-corrected chi connectivity index (χ0v) is 16.4. The quantitative estimate of drug-likeness (QED) is 0.706. The van der Waals surface area contributed by atoms with Crippen LogP contribution in [-0.4, -0.2) is 20.1 Å². The van der Waals surface area contributed by atoms with Gasteiger partial charge in [0.25, 0.3) is 10.0 Å². The fourth-order valence-electron chi connectivity index (χ4n) is 2.74. The van der Waals surface area contributed by atoms with Gasteiger partial charge in [-0.3, -0.25) is 0 Å². The van der Waals surface area contributed by atoms with Crippen LogP contribution in [0.2, 0.25) is 0 Å². The van der Waals surface area contributed by atoms with Crippen molar-refractivity contribution in [2.45, 2.75) is 30.4 Å². The maximum absolute atomic E-state index is 12.6. The number of amidine groups is 1. The van der Waals surface area contributed by atoms with Crippen molar-refractivity contribution in [1.82, 2.24) is 0 Å². The minimum atomic E-state index is -3.65. The van der Waals surface area contributed by atoms with Crippen LogP contribution in [0.4, 0.5) is 5.69 Å². The Labute approximate surface area is 159 Å². The predicted molar refractivity (Wildman–Crippen MR) is 111 cm³/mol. The van der Waals surface area contributed by atoms with Crippen LogP contribution >= 0.6 is 11.8 Å². The van der Waals surface area contributed by atoms with Crippen LogP contribution in [0.5, 0.6) is 0 Å². The summed E-state index contributed by atoms with van der Waals surface area (Å²) in [5, 5.41) is 0.546. The van der Waals surface area contributed by atoms with E-state index >= 15 is 0 Å². The van der Waals surface area contributed by atoms with Gasteiger partial charge >= 0.3 is 0 Å². The van der Waals surface area contributed by atoms with E-state index in [-0.39, 0.29) is 4.90 Å². The zero-order chi connectivity index (χ0) is 18.6. The van der Waals surface area contributed by atoms with Crippen LogP contribution in [0.1, 0.15) is 30.9 Å². The van der Waals surface area contributed by atoms with Crippen LogP contribution < -0.4 is 4.90 Å². The predicted octanol–water partition coefficient (Wildman–Crippen LogP) is 4.93. The molecule has 6 heteroatoms. The summed E-state index contributed by atoms with van der Waals surface area (Å²) in [5.41, 5.74) is 2.91. The fourth-order valence-corrected chi connectivity index (χ4v) is 5.17. The molecule has 0 aliphatic carbocycles. The first-order chi connectivity index (χ1) is 12.5. The van der Waals surface area contributed by atoms with Gasteiger partial charge in [-0.15, -0.1) is 4.40 Å². The van der Waals surface area contributed by atoms with Gasteiger partial charge in [0.2, 0.25) is 0 Å². The third kappa shape index (κ3) is 4.02. The van der Waals surface area contributed by atoms with Crippen molar-refractivity contribution in [2.24, 2.45) is 4.40 Å². The van der Waals surface area contributed by atoms with E-state index in [0.29, 0.717) is 10.9 Å². The number of hydrogen-bond acceptors (Lipinski definition) is 4. The molecular weight excluding hydrogens is 364 g/mol. The second-order valence-electron chi connectivity index (χ2n) is 6.06. The standard InChI is InChI=1S/C20H22N2O2S2/c1-3-5-14-22-18-8-6-7-9-19(18)26(23,24)21-20(22)25-15-17-12-10-16(4-2)11-13-17/h4,6-13H,2-3,5,14-15H2,1H3. The summed E-state index contributed by atoms with van der Waals surface area (Å²) >= 11 is 1.46. The van der Waals surface area contributed by atoms with Crippen molar-refractivity contribution in [2.75, 3.05) is 11.4 Å². The van der Waals surface area contributed by atoms with E-state index in [1.165, 1.54) is 11.8 Å². The largest absolute Gasteiger partial charge is 0.319 e. The molecule has 2 aromatic rings. The molecule has 1 aliphatic rings. The molecule has 2 aromatic carbocycles. The van der Waals surface area contributed by atoms with Crippen LogP contribution in [0.3, 0.4) is 0 Å². The van der Waals surface area contributed by atoms with E-state index < -0.39 is 10.0 Å². The Morgan fingerprint density at radius 1 is 1.15 bits per heavy atom. The van der Waals surface area contributed by atoms with E-state index in [9.17, 15) is 8.42 Å². The van der Waals surface area contributed by atoms with Crippen molar-refractivity contribution >= 4 is 38.7 Å². The maximum atomic E-state index is 12.6. The van der Waals surface area contributed by atoms with Gasteiger partial charge in [-0.2, -0.15) is 8.42 Å². The molecule has 0 spiro atoms. The Balaban J connectivity index is 1.87. The zero-order valence-electron chi connectivity index (χ0n) is 14.8. The van der Waals surface area contributed by atoms with E-state index in [1.807, 2.05) is 41.3 Å². The monoisotopic (exact) mass is 386 g/mol. The highest BCUT2D eigenvalue weighted by Gasteiger charge is 2.30. The topological polar surface area (TPSA) is 49.7 Å². The minimum absolute atomic E-state index is 0.288. The summed E-state index contributed by atoms with van der Waals surface area (Å²) in [6.07, 6.45) is 3.81. The van der Waals surface area contributed by atoms with Gasteiger partial charge in [-0.05, 0) is 29.7 Å². The molecule has 0 aromatic heterocycles. The Hall–Kier alpha value is -2.05. The fraction of sp³-hybridized carbons (Fsp3) is 0.250. The Morgan fingerprint density at radius 2 is 1.88 bits per heavy atom. The number of nitrogens with zero attached hydrogens (tertiary/aromatic N) is 2. The molecule has 0 N–H and O–H groups in total. The van der Waals surface area contributed by atoms with E-state index in [1.54, 1.807) is 18.2 Å². The molecular formula is C20H22N2O2S2. The lowest BCUT2D eigenvalue weighted by molar-refractivity contribution is 0.596. The smallest absolute Gasteiger partial charge is 0.286 e. The van der Waals surface area contributed by atoms with Crippen LogP contribution in [0.25, 0.3) is 6.08 Å². The Bertz CT molecular complexity index is 919. The molecule has 0 saturated carbocycles. The van der Waals surface area contributed by atoms with Crippen molar-refractivity contribution in [3.05, 3.63) is 66.2 Å². The number of benzene rings is 2. The van der Waals surface area contributed by atoms with E-state index in [0.717, 1.165) is 36.2 Å². The minimum Gasteiger partial charge on any atom is -0.319 e. The van der Waals surface area contributed by atoms with Crippen LogP contribution in [0.15, 0.2) is 64.4 Å². The number of fused-ring (bicyclic) bond motifs is 1. The van der Waals surface area contributed by atoms with Gasteiger partial charge in [0, 0.05) is 12.3 Å². The number of unbranched alkanes of at least 4 members (excludes halogenated alkanes) is 1. The summed E-state index contributed by atoms with van der Waals surface area (Å²) in [5.74, 6) is 0.663. The third-order valence-electron chi connectivity index (χ3n) is 4.18. The SMILES string of the molecule is C=Cc1ccc(CSC2=NS(=O)(=O)c3ccccc3N2CCCC)cc1. The third-order valence-corrected chi connectivity index (χ3v) is 6.66. The summed E-state index contributed by atoms with van der Waals surface area (Å²) in [6, 6.07) is 15.2. The molecule has 0 radical (unpaired) electrons. The van der Waals surface area contributed by atoms with Gasteiger partial charge in [-0.1, -0.05) is 74.2 Å². The molecule has 0 atom stereocenters. The van der Waals surface area contributed by atoms with Crippen molar-refractivity contribution in [3.63, 3.8) is 0 Å². The average molecular weight is 387 g/mol. The molecule has 0 fully saturated rings. The summed E-state index contributed by atoms with van der Waals surface area (Å²) in [6.45, 7) is 6.64. The molecule has 0 saturated heterocycles. The van der Waals surface area contributed by atoms with Gasteiger partial charge < -0.3 is 4.90 Å². The van der Waals surface area contributed by atoms with Crippen LogP contribution in [-0.2, 0) is 15.8 Å². The maximum Gasteiger partial charge on any atom is 0.286 e. The van der Waals surface area contributed by atoms with Gasteiger partial charge in [-0.25, -0.2) is 0 Å². The van der Waals surface area contributed by atoms with E-state index in [2.05, 4.69) is 17.9 Å². The number of thioether (sulfide) groups is 1. The molecule has 1 heterocycles. The molecule has 3 rings (SSSR count). The Kier molecular flexibility index (Phi) is 5.84. The van der Waals surface area contributed by atoms with Gasteiger partial charge in [0.05, 0.1) is 5.69 Å². The second-order valence-corrected chi connectivity index (χ2v) is 8.57. The highest BCUT2D eigenvalue weighted by atomic mass is 32.2. The number of hydrogen-bond donors (Lipinski definition) is 0. The molecule has 1 aliphatic heterocycles. The number of anilines is 1. The second kappa shape index (κ2) is 8.10. The van der Waals surface area contributed by atoms with Crippen molar-refractivity contribution in [3.8, 4) is 0 Å². The number of para-hydroxylation sites is 1. The lowest BCUT2D eigenvalue weighted by Crippen LogP contribution is -2.34. The first kappa shape index (κ1) is 18.7. The highest BCUT2D eigenvalue weighted by molar-refractivity contribution is 8.14. The number of rotatable bonds is 6. The van der Waals surface area contributed by atoms with Gasteiger partial charge in [0.1, 0.15) is 4.90 Å². The molecule has 136 valence electrons. The molecule has 0 unspecified atom stereocenters. The molecule has 0 amide bonds. The average Bonchev–Trinajstić information content (AvgIpc) is 2.66. The lowest BCUT2D eigenvalue weighted by atomic mass is 10.1. The molecule has 26 heavy (non-hydrogen) atoms. The lowest BCUT2D eigenvalue weighted by Gasteiger charge is -2.30. The summed E-state index contributed by atoms with van der Waals surface area (Å²) in [4.78, 5) is 2.32. The van der Waals surface area contributed by atoms with E-state index in [4.69, 9.17) is 0 Å². The van der Waals surface area contributed by atoms with Crippen molar-refractivity contribution in [1.29, 1.82) is 0 Å². The number of sulfonamides is 1. The summed E-state index contributed by atoms with van der Waals surface area (Å²) < 4.78 is 29.2. The molecule has 4 nitrogen and oxygen atoms in total. The Morgan fingerprint density at radius 3 is 2.58 bits per heavy atom. The normalized spacial score (nSPS) is 15.3. The van der Waals surface area contributed by atoms with Crippen molar-refractivity contribution < 1.29 is 8.42 Å². The first-order valence-corrected chi connectivity index (χ1v) is 11.0. The van der Waals surface area contributed by atoms with Gasteiger partial charge in [0.15, 0.2) is 5.17 Å². The summed E-state index contributed by atoms with van der Waals surface area (Å²) in [7, 11) is -3.65. The van der Waals surface area contributed by atoms with Crippen LogP contribution in [0, 0.1) is 0 Å². The highest BCUT2D eigenvalue weighted by Crippen LogP contribution is 2.35.